The molecule has 142 valence electrons. The topological polar surface area (TPSA) is 94.2 Å². The maximum absolute atomic E-state index is 12.7. The minimum Gasteiger partial charge on any atom is -0.328 e. The molecule has 0 saturated carbocycles. The van der Waals surface area contributed by atoms with Crippen LogP contribution in [0.25, 0.3) is 11.2 Å². The van der Waals surface area contributed by atoms with Gasteiger partial charge in [0.2, 0.25) is 0 Å². The highest BCUT2D eigenvalue weighted by Gasteiger charge is 2.18. The highest BCUT2D eigenvalue weighted by atomic mass is 16.2. The van der Waals surface area contributed by atoms with E-state index in [0.29, 0.717) is 12.2 Å². The normalized spacial score (nSPS) is 11.0. The molecule has 0 atom stereocenters. The van der Waals surface area contributed by atoms with E-state index in [9.17, 15) is 14.4 Å². The Kier molecular flexibility index (Phi) is 4.85. The van der Waals surface area contributed by atoms with Gasteiger partial charge in [0.1, 0.15) is 6.54 Å². The quantitative estimate of drug-likeness (QED) is 0.652. The van der Waals surface area contributed by atoms with Gasteiger partial charge in [0.05, 0.1) is 12.0 Å². The van der Waals surface area contributed by atoms with Crippen molar-refractivity contribution in [3.05, 3.63) is 57.0 Å². The number of aromatic nitrogens is 4. The summed E-state index contributed by atoms with van der Waals surface area (Å²) in [5.41, 5.74) is 4.12. The summed E-state index contributed by atoms with van der Waals surface area (Å²) in [6, 6.07) is 7.68. The van der Waals surface area contributed by atoms with E-state index in [0.717, 1.165) is 15.8 Å². The van der Waals surface area contributed by atoms with Crippen LogP contribution in [-0.2, 0) is 25.4 Å². The van der Waals surface area contributed by atoms with Gasteiger partial charge >= 0.3 is 5.69 Å². The zero-order chi connectivity index (χ0) is 19.7. The van der Waals surface area contributed by atoms with Crippen molar-refractivity contribution in [2.45, 2.75) is 20.4 Å². The fourth-order valence-electron chi connectivity index (χ4n) is 2.92. The molecule has 1 amide bonds. The molecule has 2 heterocycles. The molecule has 3 aromatic rings. The molecule has 0 spiro atoms. The van der Waals surface area contributed by atoms with Crippen LogP contribution in [0.4, 0.5) is 5.69 Å². The molecule has 0 radical (unpaired) electrons. The molecule has 1 N–H and O–H groups in total. The third kappa shape index (κ3) is 3.35. The first-order valence-corrected chi connectivity index (χ1v) is 8.58. The first-order chi connectivity index (χ1) is 12.8. The van der Waals surface area contributed by atoms with Crippen molar-refractivity contribution in [2.24, 2.45) is 14.1 Å². The number of amides is 1. The van der Waals surface area contributed by atoms with Crippen molar-refractivity contribution < 1.29 is 4.79 Å². The van der Waals surface area contributed by atoms with Crippen molar-refractivity contribution in [3.63, 3.8) is 0 Å². The monoisotopic (exact) mass is 370 g/mol. The molecule has 0 aliphatic heterocycles. The molecule has 0 aliphatic rings. The third-order valence-electron chi connectivity index (χ3n) is 4.42. The number of nitrogens with zero attached hydrogens (tertiary/aromatic N) is 5. The summed E-state index contributed by atoms with van der Waals surface area (Å²) in [6.45, 7) is 4.03. The maximum atomic E-state index is 12.7. The van der Waals surface area contributed by atoms with Crippen LogP contribution in [0, 0.1) is 6.92 Å². The number of aryl methyl sites for hydroxylation is 3. The number of hydrogen-bond donors (Lipinski definition) is 1. The smallest absolute Gasteiger partial charge is 0.328 e. The van der Waals surface area contributed by atoms with Crippen LogP contribution < -0.4 is 21.7 Å². The maximum Gasteiger partial charge on any atom is 0.332 e. The largest absolute Gasteiger partial charge is 0.332 e. The molecular weight excluding hydrogens is 348 g/mol. The van der Waals surface area contributed by atoms with Gasteiger partial charge in [0.25, 0.3) is 11.5 Å². The van der Waals surface area contributed by atoms with Gasteiger partial charge in [-0.2, -0.15) is 0 Å². The van der Waals surface area contributed by atoms with Crippen LogP contribution in [0.2, 0.25) is 0 Å². The Labute approximate surface area is 155 Å². The number of hydrazine groups is 1. The summed E-state index contributed by atoms with van der Waals surface area (Å²) in [6.07, 6.45) is 1.46. The van der Waals surface area contributed by atoms with E-state index in [-0.39, 0.29) is 12.1 Å². The summed E-state index contributed by atoms with van der Waals surface area (Å²) in [5.74, 6) is -0.460. The Bertz CT molecular complexity index is 1110. The number of anilines is 1. The van der Waals surface area contributed by atoms with E-state index >= 15 is 0 Å². The summed E-state index contributed by atoms with van der Waals surface area (Å²) in [5, 5.41) is 1.67. The molecule has 0 unspecified atom stereocenters. The van der Waals surface area contributed by atoms with Crippen LogP contribution in [0.15, 0.2) is 40.2 Å². The minimum atomic E-state index is -0.584. The Morgan fingerprint density at radius 2 is 1.85 bits per heavy atom. The molecule has 3 rings (SSSR count). The van der Waals surface area contributed by atoms with E-state index in [4.69, 9.17) is 0 Å². The van der Waals surface area contributed by atoms with E-state index in [1.165, 1.54) is 22.5 Å². The Hall–Kier alpha value is -3.36. The van der Waals surface area contributed by atoms with E-state index < -0.39 is 17.2 Å². The number of hydrogen-bond acceptors (Lipinski definition) is 5. The molecule has 9 nitrogen and oxygen atoms in total. The second kappa shape index (κ2) is 7.10. The highest BCUT2D eigenvalue weighted by Crippen LogP contribution is 2.12. The number of rotatable bonds is 5. The van der Waals surface area contributed by atoms with Crippen molar-refractivity contribution in [2.75, 3.05) is 11.6 Å². The van der Waals surface area contributed by atoms with Crippen molar-refractivity contribution in [3.8, 4) is 0 Å². The Balaban J connectivity index is 1.89. The second-order valence-corrected chi connectivity index (χ2v) is 6.38. The van der Waals surface area contributed by atoms with Gasteiger partial charge in [-0.3, -0.25) is 24.6 Å². The summed E-state index contributed by atoms with van der Waals surface area (Å²) in [4.78, 5) is 41.8. The second-order valence-electron chi connectivity index (χ2n) is 6.38. The van der Waals surface area contributed by atoms with Gasteiger partial charge < -0.3 is 4.57 Å². The van der Waals surface area contributed by atoms with Gasteiger partial charge in [-0.1, -0.05) is 17.7 Å². The fourth-order valence-corrected chi connectivity index (χ4v) is 2.92. The molecule has 0 bridgehead atoms. The minimum absolute atomic E-state index is 0.274. The molecule has 0 fully saturated rings. The van der Waals surface area contributed by atoms with Crippen LogP contribution in [-0.4, -0.2) is 31.1 Å². The molecule has 0 saturated heterocycles. The molecule has 0 aliphatic carbocycles. The molecular formula is C18H22N6O3. The lowest BCUT2D eigenvalue weighted by molar-refractivity contribution is -0.121. The Morgan fingerprint density at radius 1 is 1.19 bits per heavy atom. The number of carbonyl (C=O) groups is 1. The number of fused-ring (bicyclic) bond motifs is 1. The first-order valence-electron chi connectivity index (χ1n) is 8.58. The van der Waals surface area contributed by atoms with Gasteiger partial charge in [-0.15, -0.1) is 0 Å². The summed E-state index contributed by atoms with van der Waals surface area (Å²) in [7, 11) is 3.19. The van der Waals surface area contributed by atoms with Crippen molar-refractivity contribution in [1.29, 1.82) is 0 Å². The average Bonchev–Trinajstić information content (AvgIpc) is 3.04. The first kappa shape index (κ1) is 18.4. The standard InChI is InChI=1S/C18H22N6O3/c1-5-24(13-8-6-12(2)7-9-13)20-14(25)10-23-17(26)15-16(19-11-21(15)3)22(4)18(23)27/h6-9,11H,5,10H2,1-4H3,(H,20,25). The van der Waals surface area contributed by atoms with E-state index in [2.05, 4.69) is 10.4 Å². The zero-order valence-corrected chi connectivity index (χ0v) is 15.8. The van der Waals surface area contributed by atoms with E-state index in [1.807, 2.05) is 38.1 Å². The van der Waals surface area contributed by atoms with Crippen molar-refractivity contribution in [1.82, 2.24) is 24.1 Å². The molecule has 1 aromatic carbocycles. The highest BCUT2D eigenvalue weighted by molar-refractivity contribution is 5.78. The lowest BCUT2D eigenvalue weighted by Gasteiger charge is -2.24. The summed E-state index contributed by atoms with van der Waals surface area (Å²) >= 11 is 0. The van der Waals surface area contributed by atoms with Gasteiger partial charge in [0.15, 0.2) is 11.2 Å². The van der Waals surface area contributed by atoms with Crippen LogP contribution >= 0.6 is 0 Å². The summed E-state index contributed by atoms with van der Waals surface area (Å²) < 4.78 is 3.72. The third-order valence-corrected chi connectivity index (χ3v) is 4.42. The van der Waals surface area contributed by atoms with Crippen molar-refractivity contribution >= 4 is 22.8 Å². The van der Waals surface area contributed by atoms with E-state index in [1.54, 1.807) is 12.1 Å². The predicted octanol–water partition coefficient (Wildman–Crippen LogP) is 0.300. The number of imidazole rings is 1. The van der Waals surface area contributed by atoms with Crippen LogP contribution in [0.5, 0.6) is 0 Å². The average molecular weight is 370 g/mol. The SMILES string of the molecule is CCN(NC(=O)Cn1c(=O)c2c(ncn2C)n(C)c1=O)c1ccc(C)cc1. The molecule has 2 aromatic heterocycles. The zero-order valence-electron chi connectivity index (χ0n) is 15.8. The Morgan fingerprint density at radius 3 is 2.48 bits per heavy atom. The fraction of sp³-hybridized carbons (Fsp3) is 0.333. The number of carbonyl (C=O) groups excluding carboxylic acids is 1. The van der Waals surface area contributed by atoms with Gasteiger partial charge in [0, 0.05) is 20.6 Å². The van der Waals surface area contributed by atoms with Gasteiger partial charge in [-0.25, -0.2) is 14.3 Å². The van der Waals surface area contributed by atoms with Crippen LogP contribution in [0.3, 0.4) is 0 Å². The number of benzene rings is 1. The lowest BCUT2D eigenvalue weighted by atomic mass is 10.2. The number of nitrogens with one attached hydrogen (secondary N) is 1. The molecule has 9 heteroatoms. The predicted molar refractivity (Wildman–Crippen MR) is 103 cm³/mol. The van der Waals surface area contributed by atoms with Crippen LogP contribution in [0.1, 0.15) is 12.5 Å². The molecule has 27 heavy (non-hydrogen) atoms. The van der Waals surface area contributed by atoms with Gasteiger partial charge in [-0.05, 0) is 26.0 Å². The lowest BCUT2D eigenvalue weighted by Crippen LogP contribution is -2.48.